The summed E-state index contributed by atoms with van der Waals surface area (Å²) in [5.41, 5.74) is 0.893. The molecule has 0 aliphatic heterocycles. The molecule has 0 heterocycles. The quantitative estimate of drug-likeness (QED) is 0.500. The van der Waals surface area contributed by atoms with Gasteiger partial charge in [0.2, 0.25) is 0 Å². The first-order valence-electron chi connectivity index (χ1n) is 5.90. The van der Waals surface area contributed by atoms with Gasteiger partial charge in [-0.25, -0.2) is 0 Å². The third kappa shape index (κ3) is 5.13. The highest BCUT2D eigenvalue weighted by molar-refractivity contribution is 6.41. The maximum atomic E-state index is 3.55. The molecule has 0 bridgehead atoms. The van der Waals surface area contributed by atoms with Gasteiger partial charge in [0.1, 0.15) is 0 Å². The topological polar surface area (TPSA) is 24.1 Å². The van der Waals surface area contributed by atoms with Gasteiger partial charge in [-0.3, -0.25) is 0 Å². The number of nitrogens with one attached hydrogen (secondary N) is 2. The van der Waals surface area contributed by atoms with Crippen LogP contribution >= 0.6 is 0 Å². The lowest BCUT2D eigenvalue weighted by molar-refractivity contribution is 0.356. The molecule has 86 valence electrons. The molecule has 2 nitrogen and oxygen atoms in total. The summed E-state index contributed by atoms with van der Waals surface area (Å²) in [6.45, 7) is 16.0. The highest BCUT2D eigenvalue weighted by atomic mass is 28.2. The van der Waals surface area contributed by atoms with Crippen molar-refractivity contribution in [3.05, 3.63) is 0 Å². The molecule has 14 heavy (non-hydrogen) atoms. The molecular weight excluding hydrogens is 188 g/mol. The lowest BCUT2D eigenvalue weighted by Crippen LogP contribution is -2.51. The number of rotatable bonds is 7. The standard InChI is InChI=1S/C11H28N2Si/c1-7-12-10(13-8-2)11(5,6)14-9(3)4/h9-10,12-13H,7-8,14H2,1-6H3. The Kier molecular flexibility index (Phi) is 6.65. The zero-order chi connectivity index (χ0) is 11.2. The summed E-state index contributed by atoms with van der Waals surface area (Å²) >= 11 is 0. The molecule has 0 aliphatic rings. The highest BCUT2D eigenvalue weighted by Crippen LogP contribution is 2.30. The lowest BCUT2D eigenvalue weighted by atomic mass is 10.1. The van der Waals surface area contributed by atoms with Crippen LogP contribution in [0.3, 0.4) is 0 Å². The monoisotopic (exact) mass is 216 g/mol. The third-order valence-corrected chi connectivity index (χ3v) is 4.81. The van der Waals surface area contributed by atoms with Gasteiger partial charge >= 0.3 is 0 Å². The Labute approximate surface area is 92.1 Å². The van der Waals surface area contributed by atoms with E-state index >= 15 is 0 Å². The molecule has 0 spiro atoms. The van der Waals surface area contributed by atoms with Crippen molar-refractivity contribution in [1.82, 2.24) is 10.6 Å². The van der Waals surface area contributed by atoms with Crippen molar-refractivity contribution >= 4 is 9.52 Å². The molecule has 0 saturated carbocycles. The molecule has 0 aromatic rings. The fraction of sp³-hybridized carbons (Fsp3) is 1.00. The smallest absolute Gasteiger partial charge is 0.0593 e. The predicted octanol–water partition coefficient (Wildman–Crippen LogP) is 1.73. The Bertz CT molecular complexity index is 140. The molecule has 0 fully saturated rings. The van der Waals surface area contributed by atoms with Crippen LogP contribution in [0.2, 0.25) is 10.6 Å². The molecule has 0 radical (unpaired) electrons. The molecule has 0 aromatic carbocycles. The van der Waals surface area contributed by atoms with Crippen molar-refractivity contribution in [3.8, 4) is 0 Å². The van der Waals surface area contributed by atoms with Crippen LogP contribution in [0.15, 0.2) is 0 Å². The van der Waals surface area contributed by atoms with Crippen molar-refractivity contribution < 1.29 is 0 Å². The van der Waals surface area contributed by atoms with E-state index in [2.05, 4.69) is 52.2 Å². The fourth-order valence-electron chi connectivity index (χ4n) is 2.20. The second kappa shape index (κ2) is 6.59. The first kappa shape index (κ1) is 14.1. The fourth-order valence-corrected chi connectivity index (χ4v) is 4.83. The summed E-state index contributed by atoms with van der Waals surface area (Å²) in [6, 6.07) is 0. The van der Waals surface area contributed by atoms with E-state index < -0.39 is 0 Å². The van der Waals surface area contributed by atoms with Crippen LogP contribution in [0.4, 0.5) is 0 Å². The Morgan fingerprint density at radius 1 is 1.07 bits per heavy atom. The molecular formula is C11H28N2Si. The minimum absolute atomic E-state index is 0.0390. The molecule has 0 unspecified atom stereocenters. The Balaban J connectivity index is 4.28. The van der Waals surface area contributed by atoms with Gasteiger partial charge in [0.15, 0.2) is 0 Å². The Hall–Kier alpha value is 0.137. The van der Waals surface area contributed by atoms with Gasteiger partial charge < -0.3 is 10.6 Å². The van der Waals surface area contributed by atoms with Gasteiger partial charge in [-0.1, -0.05) is 47.1 Å². The van der Waals surface area contributed by atoms with Crippen LogP contribution in [0, 0.1) is 0 Å². The summed E-state index contributed by atoms with van der Waals surface area (Å²) in [5, 5.41) is 7.56. The first-order valence-corrected chi connectivity index (χ1v) is 7.43. The molecule has 0 aromatic heterocycles. The van der Waals surface area contributed by atoms with Crippen LogP contribution < -0.4 is 10.6 Å². The summed E-state index contributed by atoms with van der Waals surface area (Å²) in [6.07, 6.45) is 0.492. The van der Waals surface area contributed by atoms with E-state index in [9.17, 15) is 0 Å². The van der Waals surface area contributed by atoms with E-state index in [4.69, 9.17) is 0 Å². The summed E-state index contributed by atoms with van der Waals surface area (Å²) in [4.78, 5) is 0. The highest BCUT2D eigenvalue weighted by Gasteiger charge is 2.29. The van der Waals surface area contributed by atoms with Crippen molar-refractivity contribution in [3.63, 3.8) is 0 Å². The molecule has 2 N–H and O–H groups in total. The molecule has 0 atom stereocenters. The van der Waals surface area contributed by atoms with E-state index in [-0.39, 0.29) is 9.52 Å². The van der Waals surface area contributed by atoms with Gasteiger partial charge in [0.05, 0.1) is 6.17 Å². The van der Waals surface area contributed by atoms with Crippen LogP contribution in [-0.2, 0) is 0 Å². The largest absolute Gasteiger partial charge is 0.302 e. The zero-order valence-corrected chi connectivity index (χ0v) is 12.2. The molecule has 3 heteroatoms. The van der Waals surface area contributed by atoms with E-state index in [0.29, 0.717) is 11.2 Å². The average Bonchev–Trinajstić information content (AvgIpc) is 2.01. The third-order valence-electron chi connectivity index (χ3n) is 2.53. The van der Waals surface area contributed by atoms with Gasteiger partial charge in [-0.2, -0.15) is 0 Å². The maximum Gasteiger partial charge on any atom is 0.0593 e. The van der Waals surface area contributed by atoms with E-state index in [0.717, 1.165) is 18.6 Å². The van der Waals surface area contributed by atoms with Crippen molar-refractivity contribution in [1.29, 1.82) is 0 Å². The minimum Gasteiger partial charge on any atom is -0.302 e. The molecule has 0 amide bonds. The van der Waals surface area contributed by atoms with E-state index in [1.54, 1.807) is 0 Å². The second-order valence-electron chi connectivity index (χ2n) is 5.13. The molecule has 0 rings (SSSR count). The Morgan fingerprint density at radius 2 is 1.50 bits per heavy atom. The van der Waals surface area contributed by atoms with Gasteiger partial charge in [-0.05, 0) is 18.1 Å². The summed E-state index contributed by atoms with van der Waals surface area (Å²) in [7, 11) is -0.0390. The second-order valence-corrected chi connectivity index (χ2v) is 9.00. The van der Waals surface area contributed by atoms with Crippen molar-refractivity contribution in [2.45, 2.75) is 58.3 Å². The van der Waals surface area contributed by atoms with Gasteiger partial charge in [0.25, 0.3) is 0 Å². The van der Waals surface area contributed by atoms with Crippen LogP contribution in [0.25, 0.3) is 0 Å². The van der Waals surface area contributed by atoms with Crippen molar-refractivity contribution in [2.75, 3.05) is 13.1 Å². The Morgan fingerprint density at radius 3 is 1.79 bits per heavy atom. The predicted molar refractivity (Wildman–Crippen MR) is 68.8 cm³/mol. The van der Waals surface area contributed by atoms with Gasteiger partial charge in [0, 0.05) is 9.52 Å². The van der Waals surface area contributed by atoms with Crippen LogP contribution in [0.5, 0.6) is 0 Å². The maximum absolute atomic E-state index is 3.55. The summed E-state index contributed by atoms with van der Waals surface area (Å²) in [5.74, 6) is 0. The zero-order valence-electron chi connectivity index (χ0n) is 10.8. The van der Waals surface area contributed by atoms with Crippen molar-refractivity contribution in [2.24, 2.45) is 0 Å². The summed E-state index contributed by atoms with van der Waals surface area (Å²) < 4.78 is 0. The average molecular weight is 216 g/mol. The van der Waals surface area contributed by atoms with Gasteiger partial charge in [-0.15, -0.1) is 0 Å². The first-order chi connectivity index (χ1) is 6.44. The van der Waals surface area contributed by atoms with Crippen LogP contribution in [-0.4, -0.2) is 28.8 Å². The van der Waals surface area contributed by atoms with E-state index in [1.807, 2.05) is 0 Å². The normalized spacial score (nSPS) is 13.7. The number of hydrogen-bond acceptors (Lipinski definition) is 2. The minimum atomic E-state index is -0.0390. The molecule has 0 aliphatic carbocycles. The van der Waals surface area contributed by atoms with E-state index in [1.165, 1.54) is 0 Å². The SMILES string of the molecule is CCNC(NCC)C(C)(C)[SiH2]C(C)C. The van der Waals surface area contributed by atoms with Crippen LogP contribution in [0.1, 0.15) is 41.5 Å². The number of hydrogen-bond donors (Lipinski definition) is 2. The molecule has 0 saturated heterocycles. The lowest BCUT2D eigenvalue weighted by Gasteiger charge is -2.36.